The Labute approximate surface area is 196 Å². The Morgan fingerprint density at radius 2 is 1.67 bits per heavy atom. The number of rotatable bonds is 7. The molecule has 2 aromatic carbocycles. The van der Waals surface area contributed by atoms with Crippen molar-refractivity contribution in [3.05, 3.63) is 66.2 Å². The van der Waals surface area contributed by atoms with Crippen LogP contribution in [-0.4, -0.2) is 56.1 Å². The summed E-state index contributed by atoms with van der Waals surface area (Å²) in [5.41, 5.74) is 1.22. The van der Waals surface area contributed by atoms with Crippen molar-refractivity contribution in [3.8, 4) is 5.75 Å². The summed E-state index contributed by atoms with van der Waals surface area (Å²) in [5.74, 6) is 1.66. The molecule has 0 spiro atoms. The minimum absolute atomic E-state index is 0. The number of ether oxygens (including phenoxy) is 1. The third-order valence-electron chi connectivity index (χ3n) is 4.99. The number of amides is 1. The molecule has 0 radical (unpaired) electrons. The topological polar surface area (TPSA) is 66.0 Å². The van der Waals surface area contributed by atoms with Crippen molar-refractivity contribution in [2.24, 2.45) is 4.99 Å². The Hall–Kier alpha value is -2.29. The van der Waals surface area contributed by atoms with Crippen LogP contribution in [0, 0.1) is 0 Å². The molecule has 1 aliphatic rings. The zero-order chi connectivity index (χ0) is 20.3. The standard InChI is InChI=1S/C23H30N4O2.HI/c1-24-23(26-18-22(28)25-15-12-19-8-4-2-5-9-19)27-16-13-21(14-17-27)29-20-10-6-3-7-11-20;/h2-11,21H,12-18H2,1H3,(H,24,26)(H,25,28);1H. The molecule has 7 heteroatoms. The maximum atomic E-state index is 12.1. The molecule has 0 aliphatic carbocycles. The van der Waals surface area contributed by atoms with E-state index in [2.05, 4.69) is 32.7 Å². The fraction of sp³-hybridized carbons (Fsp3) is 0.391. The van der Waals surface area contributed by atoms with Crippen LogP contribution >= 0.6 is 24.0 Å². The number of aliphatic imine (C=N–C) groups is 1. The van der Waals surface area contributed by atoms with E-state index in [9.17, 15) is 4.79 Å². The number of halogens is 1. The summed E-state index contributed by atoms with van der Waals surface area (Å²) in [6, 6.07) is 20.1. The molecule has 2 aromatic rings. The summed E-state index contributed by atoms with van der Waals surface area (Å²) in [6.07, 6.45) is 2.90. The monoisotopic (exact) mass is 522 g/mol. The third kappa shape index (κ3) is 7.85. The molecule has 1 heterocycles. The minimum atomic E-state index is -0.0237. The molecule has 2 N–H and O–H groups in total. The Balaban J connectivity index is 0.00000320. The van der Waals surface area contributed by atoms with Crippen LogP contribution < -0.4 is 15.4 Å². The number of piperidine rings is 1. The number of nitrogens with zero attached hydrogens (tertiary/aromatic N) is 2. The SMILES string of the molecule is CN=C(NCC(=O)NCCc1ccccc1)N1CCC(Oc2ccccc2)CC1.I. The van der Waals surface area contributed by atoms with Gasteiger partial charge in [-0.25, -0.2) is 0 Å². The Bertz CT molecular complexity index is 778. The molecule has 30 heavy (non-hydrogen) atoms. The normalized spacial score (nSPS) is 14.6. The molecule has 0 atom stereocenters. The molecule has 1 aliphatic heterocycles. The average Bonchev–Trinajstić information content (AvgIpc) is 2.77. The van der Waals surface area contributed by atoms with Gasteiger partial charge < -0.3 is 20.3 Å². The summed E-state index contributed by atoms with van der Waals surface area (Å²) in [5, 5.41) is 6.13. The van der Waals surface area contributed by atoms with Crippen molar-refractivity contribution in [2.45, 2.75) is 25.4 Å². The summed E-state index contributed by atoms with van der Waals surface area (Å²) >= 11 is 0. The van der Waals surface area contributed by atoms with E-state index < -0.39 is 0 Å². The van der Waals surface area contributed by atoms with Crippen LogP contribution in [0.15, 0.2) is 65.7 Å². The average molecular weight is 522 g/mol. The van der Waals surface area contributed by atoms with Crippen molar-refractivity contribution in [2.75, 3.05) is 33.2 Å². The third-order valence-corrected chi connectivity index (χ3v) is 4.99. The maximum absolute atomic E-state index is 12.1. The molecule has 0 saturated carbocycles. The second kappa shape index (κ2) is 13.1. The van der Waals surface area contributed by atoms with Gasteiger partial charge in [-0.1, -0.05) is 48.5 Å². The molecule has 1 saturated heterocycles. The number of para-hydroxylation sites is 1. The molecule has 162 valence electrons. The lowest BCUT2D eigenvalue weighted by molar-refractivity contribution is -0.120. The Morgan fingerprint density at radius 3 is 2.30 bits per heavy atom. The van der Waals surface area contributed by atoms with Crippen LogP contribution in [0.25, 0.3) is 0 Å². The number of hydrogen-bond donors (Lipinski definition) is 2. The number of likely N-dealkylation sites (tertiary alicyclic amines) is 1. The number of hydrogen-bond acceptors (Lipinski definition) is 3. The zero-order valence-electron chi connectivity index (χ0n) is 17.4. The van der Waals surface area contributed by atoms with Gasteiger partial charge >= 0.3 is 0 Å². The lowest BCUT2D eigenvalue weighted by Crippen LogP contribution is -2.49. The van der Waals surface area contributed by atoms with Crippen LogP contribution in [0.3, 0.4) is 0 Å². The highest BCUT2D eigenvalue weighted by atomic mass is 127. The molecule has 6 nitrogen and oxygen atoms in total. The maximum Gasteiger partial charge on any atom is 0.239 e. The van der Waals surface area contributed by atoms with Gasteiger partial charge in [-0.05, 0) is 24.1 Å². The van der Waals surface area contributed by atoms with Gasteiger partial charge in [-0.2, -0.15) is 0 Å². The summed E-state index contributed by atoms with van der Waals surface area (Å²) in [6.45, 7) is 2.56. The van der Waals surface area contributed by atoms with E-state index in [0.29, 0.717) is 6.54 Å². The van der Waals surface area contributed by atoms with E-state index in [-0.39, 0.29) is 42.5 Å². The second-order valence-electron chi connectivity index (χ2n) is 7.10. The van der Waals surface area contributed by atoms with Gasteiger partial charge in [0, 0.05) is 39.5 Å². The fourth-order valence-corrected chi connectivity index (χ4v) is 3.42. The van der Waals surface area contributed by atoms with Crippen LogP contribution in [0.2, 0.25) is 0 Å². The number of nitrogens with one attached hydrogen (secondary N) is 2. The van der Waals surface area contributed by atoms with Gasteiger partial charge in [0.15, 0.2) is 5.96 Å². The van der Waals surface area contributed by atoms with E-state index in [1.54, 1.807) is 7.05 Å². The molecule has 0 bridgehead atoms. The van der Waals surface area contributed by atoms with Crippen molar-refractivity contribution in [1.82, 2.24) is 15.5 Å². The Morgan fingerprint density at radius 1 is 1.03 bits per heavy atom. The molecular formula is C23H31IN4O2. The first kappa shape index (κ1) is 24.0. The van der Waals surface area contributed by atoms with Gasteiger partial charge in [-0.3, -0.25) is 9.79 Å². The highest BCUT2D eigenvalue weighted by Crippen LogP contribution is 2.18. The first-order chi connectivity index (χ1) is 14.2. The highest BCUT2D eigenvalue weighted by molar-refractivity contribution is 14.0. The molecule has 3 rings (SSSR count). The van der Waals surface area contributed by atoms with Crippen LogP contribution in [-0.2, 0) is 11.2 Å². The predicted molar refractivity (Wildman–Crippen MR) is 132 cm³/mol. The number of guanidine groups is 1. The largest absolute Gasteiger partial charge is 0.490 e. The molecule has 0 aromatic heterocycles. The van der Waals surface area contributed by atoms with Gasteiger partial charge in [0.2, 0.25) is 5.91 Å². The first-order valence-electron chi connectivity index (χ1n) is 10.2. The molecule has 1 amide bonds. The smallest absolute Gasteiger partial charge is 0.239 e. The van der Waals surface area contributed by atoms with Gasteiger partial charge in [-0.15, -0.1) is 24.0 Å². The predicted octanol–water partition coefficient (Wildman–Crippen LogP) is 3.08. The van der Waals surface area contributed by atoms with E-state index in [1.165, 1.54) is 5.56 Å². The van der Waals surface area contributed by atoms with Gasteiger partial charge in [0.05, 0.1) is 6.54 Å². The molecular weight excluding hydrogens is 491 g/mol. The van der Waals surface area contributed by atoms with Crippen molar-refractivity contribution in [3.63, 3.8) is 0 Å². The van der Waals surface area contributed by atoms with Crippen molar-refractivity contribution < 1.29 is 9.53 Å². The lowest BCUT2D eigenvalue weighted by atomic mass is 10.1. The quantitative estimate of drug-likeness (QED) is 0.334. The van der Waals surface area contributed by atoms with Crippen LogP contribution in [0.5, 0.6) is 5.75 Å². The van der Waals surface area contributed by atoms with Crippen molar-refractivity contribution in [1.29, 1.82) is 0 Å². The Kier molecular flexibility index (Phi) is 10.5. The molecule has 0 unspecified atom stereocenters. The first-order valence-corrected chi connectivity index (χ1v) is 10.2. The highest BCUT2D eigenvalue weighted by Gasteiger charge is 2.22. The van der Waals surface area contributed by atoms with Crippen LogP contribution in [0.1, 0.15) is 18.4 Å². The summed E-state index contributed by atoms with van der Waals surface area (Å²) < 4.78 is 6.04. The van der Waals surface area contributed by atoms with E-state index >= 15 is 0 Å². The van der Waals surface area contributed by atoms with E-state index in [0.717, 1.165) is 44.1 Å². The lowest BCUT2D eigenvalue weighted by Gasteiger charge is -2.34. The molecule has 1 fully saturated rings. The number of carbonyl (C=O) groups excluding carboxylic acids is 1. The zero-order valence-corrected chi connectivity index (χ0v) is 19.8. The number of carbonyl (C=O) groups is 1. The second-order valence-corrected chi connectivity index (χ2v) is 7.10. The summed E-state index contributed by atoms with van der Waals surface area (Å²) in [7, 11) is 1.75. The van der Waals surface area contributed by atoms with Gasteiger partial charge in [0.1, 0.15) is 11.9 Å². The van der Waals surface area contributed by atoms with E-state index in [1.807, 2.05) is 48.5 Å². The number of benzene rings is 2. The van der Waals surface area contributed by atoms with E-state index in [4.69, 9.17) is 4.74 Å². The minimum Gasteiger partial charge on any atom is -0.490 e. The fourth-order valence-electron chi connectivity index (χ4n) is 3.42. The van der Waals surface area contributed by atoms with Crippen LogP contribution in [0.4, 0.5) is 0 Å². The van der Waals surface area contributed by atoms with Gasteiger partial charge in [0.25, 0.3) is 0 Å². The van der Waals surface area contributed by atoms with Crippen molar-refractivity contribution >= 4 is 35.8 Å². The summed E-state index contributed by atoms with van der Waals surface area (Å²) in [4.78, 5) is 18.6.